The van der Waals surface area contributed by atoms with Gasteiger partial charge in [-0.1, -0.05) is 25.8 Å². The number of nitrogens with zero attached hydrogens (tertiary/aromatic N) is 1. The number of hydrogen-bond acceptors (Lipinski definition) is 4. The van der Waals surface area contributed by atoms with E-state index in [-0.39, 0.29) is 11.7 Å². The van der Waals surface area contributed by atoms with Gasteiger partial charge in [0.15, 0.2) is 0 Å². The molecule has 1 saturated heterocycles. The van der Waals surface area contributed by atoms with E-state index in [1.165, 1.54) is 17.7 Å². The van der Waals surface area contributed by atoms with Gasteiger partial charge in [0.25, 0.3) is 0 Å². The van der Waals surface area contributed by atoms with Crippen molar-refractivity contribution < 1.29 is 4.79 Å². The van der Waals surface area contributed by atoms with Crippen LogP contribution in [-0.4, -0.2) is 34.4 Å². The van der Waals surface area contributed by atoms with Gasteiger partial charge < -0.3 is 4.90 Å². The lowest BCUT2D eigenvalue weighted by Gasteiger charge is -2.31. The normalized spacial score (nSPS) is 25.9. The van der Waals surface area contributed by atoms with Crippen LogP contribution in [-0.2, 0) is 4.79 Å². The molecule has 0 bridgehead atoms. The Morgan fingerprint density at radius 3 is 2.86 bits per heavy atom. The van der Waals surface area contributed by atoms with E-state index in [4.69, 9.17) is 0 Å². The minimum Gasteiger partial charge on any atom is -0.317 e. The zero-order chi connectivity index (χ0) is 14.9. The highest BCUT2D eigenvalue weighted by molar-refractivity contribution is 7.98. The standard InChI is InChI=1S/C16H24N2OS2/c1-3-12(11-20-2)18-14(13-7-6-10-21-13)17-16(15(18)19)8-4-5-9-16/h6-7,10,12,14,17H,3-5,8-9,11H2,1-2H3. The summed E-state index contributed by atoms with van der Waals surface area (Å²) in [6.45, 7) is 2.19. The van der Waals surface area contributed by atoms with Crippen molar-refractivity contribution in [3.8, 4) is 0 Å². The van der Waals surface area contributed by atoms with Crippen LogP contribution in [0.15, 0.2) is 17.5 Å². The Morgan fingerprint density at radius 2 is 2.29 bits per heavy atom. The van der Waals surface area contributed by atoms with Gasteiger partial charge in [0.05, 0.1) is 5.54 Å². The Kier molecular flexibility index (Phi) is 4.62. The van der Waals surface area contributed by atoms with Crippen LogP contribution in [0.5, 0.6) is 0 Å². The number of nitrogens with one attached hydrogen (secondary N) is 1. The number of rotatable bonds is 5. The third-order valence-corrected chi connectivity index (χ3v) is 6.47. The molecule has 3 nitrogen and oxygen atoms in total. The molecule has 3 rings (SSSR count). The summed E-state index contributed by atoms with van der Waals surface area (Å²) in [5.41, 5.74) is -0.277. The van der Waals surface area contributed by atoms with Crippen LogP contribution < -0.4 is 5.32 Å². The molecule has 21 heavy (non-hydrogen) atoms. The van der Waals surface area contributed by atoms with Crippen molar-refractivity contribution in [1.82, 2.24) is 10.2 Å². The second-order valence-electron chi connectivity index (χ2n) is 6.08. The van der Waals surface area contributed by atoms with Gasteiger partial charge in [-0.25, -0.2) is 0 Å². The van der Waals surface area contributed by atoms with Crippen molar-refractivity contribution in [3.05, 3.63) is 22.4 Å². The highest BCUT2D eigenvalue weighted by Gasteiger charge is 2.54. The summed E-state index contributed by atoms with van der Waals surface area (Å²) < 4.78 is 0. The van der Waals surface area contributed by atoms with E-state index in [1.54, 1.807) is 11.3 Å². The van der Waals surface area contributed by atoms with Crippen molar-refractivity contribution in [2.75, 3.05) is 12.0 Å². The summed E-state index contributed by atoms with van der Waals surface area (Å²) >= 11 is 3.59. The van der Waals surface area contributed by atoms with Crippen LogP contribution in [0.2, 0.25) is 0 Å². The van der Waals surface area contributed by atoms with E-state index in [0.29, 0.717) is 11.9 Å². The molecule has 1 spiro atoms. The quantitative estimate of drug-likeness (QED) is 0.897. The first-order valence-corrected chi connectivity index (χ1v) is 10.1. The van der Waals surface area contributed by atoms with Crippen molar-refractivity contribution >= 4 is 29.0 Å². The molecule has 2 aliphatic rings. The van der Waals surface area contributed by atoms with Gasteiger partial charge in [0.1, 0.15) is 6.17 Å². The van der Waals surface area contributed by atoms with E-state index in [2.05, 4.69) is 40.9 Å². The van der Waals surface area contributed by atoms with Crippen molar-refractivity contribution in [2.24, 2.45) is 0 Å². The molecule has 5 heteroatoms. The maximum Gasteiger partial charge on any atom is 0.244 e. The van der Waals surface area contributed by atoms with E-state index >= 15 is 0 Å². The summed E-state index contributed by atoms with van der Waals surface area (Å²) in [6.07, 6.45) is 7.56. The topological polar surface area (TPSA) is 32.3 Å². The summed E-state index contributed by atoms with van der Waals surface area (Å²) in [6, 6.07) is 4.56. The smallest absolute Gasteiger partial charge is 0.244 e. The van der Waals surface area contributed by atoms with Crippen molar-refractivity contribution in [1.29, 1.82) is 0 Å². The average Bonchev–Trinajstić information content (AvgIpc) is 3.21. The van der Waals surface area contributed by atoms with E-state index in [1.807, 2.05) is 11.8 Å². The number of amides is 1. The molecule has 2 heterocycles. The maximum absolute atomic E-state index is 13.2. The molecule has 1 amide bonds. The molecular formula is C16H24N2OS2. The molecule has 2 fully saturated rings. The molecular weight excluding hydrogens is 300 g/mol. The number of thiophene rings is 1. The lowest BCUT2D eigenvalue weighted by Crippen LogP contribution is -2.46. The van der Waals surface area contributed by atoms with Crippen LogP contribution in [0.4, 0.5) is 0 Å². The van der Waals surface area contributed by atoms with Crippen molar-refractivity contribution in [2.45, 2.75) is 56.8 Å². The fraction of sp³-hybridized carbons (Fsp3) is 0.688. The minimum atomic E-state index is -0.277. The Labute approximate surface area is 135 Å². The molecule has 0 radical (unpaired) electrons. The number of carbonyl (C=O) groups excluding carboxylic acids is 1. The van der Waals surface area contributed by atoms with E-state index in [0.717, 1.165) is 25.0 Å². The van der Waals surface area contributed by atoms with Gasteiger partial charge in [0.2, 0.25) is 5.91 Å². The van der Waals surface area contributed by atoms with Crippen LogP contribution in [0.25, 0.3) is 0 Å². The average molecular weight is 325 g/mol. The predicted octanol–water partition coefficient (Wildman–Crippen LogP) is 3.63. The first-order valence-electron chi connectivity index (χ1n) is 7.84. The van der Waals surface area contributed by atoms with Crippen LogP contribution in [0, 0.1) is 0 Å². The van der Waals surface area contributed by atoms with Gasteiger partial charge in [-0.3, -0.25) is 10.1 Å². The molecule has 1 aromatic heterocycles. The Hall–Kier alpha value is -0.520. The van der Waals surface area contributed by atoms with Gasteiger partial charge in [-0.2, -0.15) is 11.8 Å². The zero-order valence-corrected chi connectivity index (χ0v) is 14.4. The Morgan fingerprint density at radius 1 is 1.52 bits per heavy atom. The Balaban J connectivity index is 1.94. The van der Waals surface area contributed by atoms with Gasteiger partial charge in [0, 0.05) is 16.7 Å². The molecule has 2 unspecified atom stereocenters. The summed E-state index contributed by atoms with van der Waals surface area (Å²) in [5, 5.41) is 5.83. The number of hydrogen-bond donors (Lipinski definition) is 1. The zero-order valence-electron chi connectivity index (χ0n) is 12.8. The van der Waals surface area contributed by atoms with E-state index < -0.39 is 0 Å². The molecule has 0 aromatic carbocycles. The lowest BCUT2D eigenvalue weighted by molar-refractivity contribution is -0.135. The first-order chi connectivity index (χ1) is 10.2. The molecule has 116 valence electrons. The first kappa shape index (κ1) is 15.4. The molecule has 2 atom stereocenters. The SMILES string of the molecule is CCC(CSC)N1C(=O)C2(CCCC2)NC1c1cccs1. The molecule has 1 aromatic rings. The van der Waals surface area contributed by atoms with Crippen LogP contribution >= 0.6 is 23.1 Å². The van der Waals surface area contributed by atoms with Gasteiger partial charge >= 0.3 is 0 Å². The minimum absolute atomic E-state index is 0.0766. The second kappa shape index (κ2) is 6.31. The van der Waals surface area contributed by atoms with Crippen LogP contribution in [0.1, 0.15) is 50.1 Å². The third kappa shape index (κ3) is 2.64. The third-order valence-electron chi connectivity index (χ3n) is 4.83. The molecule has 1 saturated carbocycles. The highest BCUT2D eigenvalue weighted by atomic mass is 32.2. The second-order valence-corrected chi connectivity index (χ2v) is 7.97. The number of carbonyl (C=O) groups is 1. The van der Waals surface area contributed by atoms with Gasteiger partial charge in [-0.15, -0.1) is 11.3 Å². The summed E-state index contributed by atoms with van der Waals surface area (Å²) in [4.78, 5) is 16.6. The molecule has 1 aliphatic heterocycles. The number of thioether (sulfide) groups is 1. The van der Waals surface area contributed by atoms with Crippen molar-refractivity contribution in [3.63, 3.8) is 0 Å². The predicted molar refractivity (Wildman–Crippen MR) is 90.7 cm³/mol. The lowest BCUT2D eigenvalue weighted by atomic mass is 9.97. The summed E-state index contributed by atoms with van der Waals surface area (Å²) in [5.74, 6) is 1.36. The maximum atomic E-state index is 13.2. The molecule has 1 aliphatic carbocycles. The summed E-state index contributed by atoms with van der Waals surface area (Å²) in [7, 11) is 0. The fourth-order valence-corrected chi connectivity index (χ4v) is 5.27. The monoisotopic (exact) mass is 324 g/mol. The fourth-order valence-electron chi connectivity index (χ4n) is 3.71. The highest BCUT2D eigenvalue weighted by Crippen LogP contribution is 2.43. The van der Waals surface area contributed by atoms with Crippen LogP contribution in [0.3, 0.4) is 0 Å². The Bertz CT molecular complexity index is 482. The molecule has 1 N–H and O–H groups in total. The van der Waals surface area contributed by atoms with E-state index in [9.17, 15) is 4.79 Å². The largest absolute Gasteiger partial charge is 0.317 e. The van der Waals surface area contributed by atoms with Gasteiger partial charge in [-0.05, 0) is 37.0 Å².